The van der Waals surface area contributed by atoms with E-state index in [1.807, 2.05) is 24.3 Å². The third kappa shape index (κ3) is 4.33. The third-order valence-electron chi connectivity index (χ3n) is 4.75. The van der Waals surface area contributed by atoms with Crippen LogP contribution < -0.4 is 10.3 Å². The van der Waals surface area contributed by atoms with Gasteiger partial charge in [-0.05, 0) is 61.4 Å². The number of nitrogens with one attached hydrogen (secondary N) is 1. The molecule has 0 amide bonds. The van der Waals surface area contributed by atoms with Crippen molar-refractivity contribution in [3.8, 4) is 5.75 Å². The standard InChI is InChI=1S/C20H21ClN2O2S2/c1-12-3-8-15-16(11-12)27-19-17(15)18(24)22-20(23-19)26-10-2-9-25-14-6-4-13(21)5-7-14/h4-7,12H,2-3,8-11H2,1H3,(H,22,23,24)/t12-/m1/s1. The van der Waals surface area contributed by atoms with Crippen LogP contribution in [0.5, 0.6) is 5.75 Å². The minimum absolute atomic E-state index is 0.00645. The second-order valence-corrected chi connectivity index (χ2v) is 9.51. The number of hydrogen-bond donors (Lipinski definition) is 1. The number of aromatic nitrogens is 2. The minimum Gasteiger partial charge on any atom is -0.494 e. The number of fused-ring (bicyclic) bond motifs is 3. The molecule has 27 heavy (non-hydrogen) atoms. The van der Waals surface area contributed by atoms with Crippen molar-refractivity contribution in [1.29, 1.82) is 0 Å². The number of aryl methyl sites for hydroxylation is 1. The van der Waals surface area contributed by atoms with Gasteiger partial charge in [0.1, 0.15) is 10.6 Å². The molecule has 1 aromatic carbocycles. The smallest absolute Gasteiger partial charge is 0.260 e. The quantitative estimate of drug-likeness (QED) is 0.333. The molecular formula is C20H21ClN2O2S2. The van der Waals surface area contributed by atoms with E-state index >= 15 is 0 Å². The molecule has 0 aliphatic heterocycles. The molecule has 0 unspecified atom stereocenters. The van der Waals surface area contributed by atoms with Gasteiger partial charge < -0.3 is 9.72 Å². The lowest BCUT2D eigenvalue weighted by molar-refractivity contribution is 0.318. The SMILES string of the molecule is C[C@@H]1CCc2c(sc3nc(SCCCOc4ccc(Cl)cc4)[nH]c(=O)c23)C1. The Morgan fingerprint density at radius 2 is 2.19 bits per heavy atom. The number of nitrogens with zero attached hydrogens (tertiary/aromatic N) is 1. The largest absolute Gasteiger partial charge is 0.494 e. The molecule has 4 rings (SSSR count). The molecule has 1 atom stereocenters. The summed E-state index contributed by atoms with van der Waals surface area (Å²) < 4.78 is 5.70. The fourth-order valence-electron chi connectivity index (χ4n) is 3.35. The predicted molar refractivity (Wildman–Crippen MR) is 114 cm³/mol. The minimum atomic E-state index is 0.00645. The Hall–Kier alpha value is -1.50. The number of thiophene rings is 1. The average molecular weight is 421 g/mol. The van der Waals surface area contributed by atoms with Crippen LogP contribution in [0.25, 0.3) is 10.2 Å². The van der Waals surface area contributed by atoms with E-state index in [1.165, 1.54) is 10.4 Å². The van der Waals surface area contributed by atoms with Crippen LogP contribution in [0.1, 0.15) is 30.2 Å². The zero-order valence-electron chi connectivity index (χ0n) is 15.1. The summed E-state index contributed by atoms with van der Waals surface area (Å²) in [5.41, 5.74) is 1.24. The molecule has 4 nitrogen and oxygen atoms in total. The van der Waals surface area contributed by atoms with Crippen molar-refractivity contribution in [3.05, 3.63) is 50.1 Å². The van der Waals surface area contributed by atoms with Gasteiger partial charge in [0.05, 0.1) is 12.0 Å². The number of halogens is 1. The van der Waals surface area contributed by atoms with Crippen molar-refractivity contribution < 1.29 is 4.74 Å². The molecule has 0 saturated carbocycles. The number of hydrogen-bond acceptors (Lipinski definition) is 5. The van der Waals surface area contributed by atoms with Crippen molar-refractivity contribution in [3.63, 3.8) is 0 Å². The Labute approximate surface area is 171 Å². The highest BCUT2D eigenvalue weighted by molar-refractivity contribution is 7.99. The molecule has 0 fully saturated rings. The molecule has 0 bridgehead atoms. The van der Waals surface area contributed by atoms with E-state index < -0.39 is 0 Å². The van der Waals surface area contributed by atoms with Gasteiger partial charge in [0.25, 0.3) is 5.56 Å². The molecule has 0 radical (unpaired) electrons. The van der Waals surface area contributed by atoms with Crippen molar-refractivity contribution in [2.24, 2.45) is 5.92 Å². The van der Waals surface area contributed by atoms with Gasteiger partial charge in [-0.15, -0.1) is 11.3 Å². The molecular weight excluding hydrogens is 400 g/mol. The van der Waals surface area contributed by atoms with Crippen molar-refractivity contribution in [2.75, 3.05) is 12.4 Å². The van der Waals surface area contributed by atoms with E-state index in [-0.39, 0.29) is 5.56 Å². The van der Waals surface area contributed by atoms with Gasteiger partial charge in [-0.3, -0.25) is 4.79 Å². The number of ether oxygens (including phenoxy) is 1. The summed E-state index contributed by atoms with van der Waals surface area (Å²) in [6, 6.07) is 7.36. The molecule has 3 aromatic rings. The summed E-state index contributed by atoms with van der Waals surface area (Å²) in [5.74, 6) is 2.35. The van der Waals surface area contributed by atoms with E-state index in [4.69, 9.17) is 21.3 Å². The van der Waals surface area contributed by atoms with Gasteiger partial charge in [0.2, 0.25) is 0 Å². The van der Waals surface area contributed by atoms with E-state index in [1.54, 1.807) is 23.1 Å². The number of rotatable bonds is 6. The molecule has 0 saturated heterocycles. The molecule has 0 spiro atoms. The van der Waals surface area contributed by atoms with Crippen LogP contribution in [0.15, 0.2) is 34.2 Å². The van der Waals surface area contributed by atoms with Crippen LogP contribution >= 0.6 is 34.7 Å². The first-order valence-electron chi connectivity index (χ1n) is 9.16. The molecule has 1 aliphatic carbocycles. The van der Waals surface area contributed by atoms with E-state index in [2.05, 4.69) is 11.9 Å². The predicted octanol–water partition coefficient (Wildman–Crippen LogP) is 5.32. The lowest BCUT2D eigenvalue weighted by atomic mass is 9.89. The highest BCUT2D eigenvalue weighted by atomic mass is 35.5. The van der Waals surface area contributed by atoms with Crippen LogP contribution in [0.3, 0.4) is 0 Å². The fourth-order valence-corrected chi connectivity index (χ4v) is 5.69. The van der Waals surface area contributed by atoms with Crippen LogP contribution in [0.2, 0.25) is 5.02 Å². The number of H-pyrrole nitrogens is 1. The Kier molecular flexibility index (Phi) is 5.76. The van der Waals surface area contributed by atoms with E-state index in [0.29, 0.717) is 22.7 Å². The van der Waals surface area contributed by atoms with Crippen LogP contribution in [0, 0.1) is 5.92 Å². The lowest BCUT2D eigenvalue weighted by Crippen LogP contribution is -2.13. The monoisotopic (exact) mass is 420 g/mol. The summed E-state index contributed by atoms with van der Waals surface area (Å²) in [7, 11) is 0. The third-order valence-corrected chi connectivity index (χ3v) is 7.11. The highest BCUT2D eigenvalue weighted by Crippen LogP contribution is 2.36. The Morgan fingerprint density at radius 1 is 1.37 bits per heavy atom. The first kappa shape index (κ1) is 18.8. The van der Waals surface area contributed by atoms with Gasteiger partial charge in [-0.25, -0.2) is 4.98 Å². The topological polar surface area (TPSA) is 55.0 Å². The van der Waals surface area contributed by atoms with Crippen LogP contribution in [-0.4, -0.2) is 22.3 Å². The van der Waals surface area contributed by atoms with Gasteiger partial charge in [-0.2, -0.15) is 0 Å². The lowest BCUT2D eigenvalue weighted by Gasteiger charge is -2.17. The fraction of sp³-hybridized carbons (Fsp3) is 0.400. The van der Waals surface area contributed by atoms with E-state index in [0.717, 1.165) is 47.4 Å². The molecule has 1 N–H and O–H groups in total. The zero-order valence-corrected chi connectivity index (χ0v) is 17.5. The van der Waals surface area contributed by atoms with Crippen LogP contribution in [-0.2, 0) is 12.8 Å². The summed E-state index contributed by atoms with van der Waals surface area (Å²) in [6.07, 6.45) is 4.09. The Balaban J connectivity index is 1.36. The Bertz CT molecular complexity index is 998. The highest BCUT2D eigenvalue weighted by Gasteiger charge is 2.23. The van der Waals surface area contributed by atoms with Gasteiger partial charge in [-0.1, -0.05) is 30.3 Å². The maximum absolute atomic E-state index is 12.6. The van der Waals surface area contributed by atoms with Crippen molar-refractivity contribution >= 4 is 44.9 Å². The molecule has 2 aromatic heterocycles. The maximum Gasteiger partial charge on any atom is 0.260 e. The van der Waals surface area contributed by atoms with Gasteiger partial charge >= 0.3 is 0 Å². The van der Waals surface area contributed by atoms with Gasteiger partial charge in [0, 0.05) is 15.7 Å². The molecule has 142 valence electrons. The van der Waals surface area contributed by atoms with Crippen molar-refractivity contribution in [1.82, 2.24) is 9.97 Å². The average Bonchev–Trinajstić information content (AvgIpc) is 3.00. The summed E-state index contributed by atoms with van der Waals surface area (Å²) >= 11 is 9.13. The first-order chi connectivity index (χ1) is 13.1. The maximum atomic E-state index is 12.6. The van der Waals surface area contributed by atoms with Crippen molar-refractivity contribution in [2.45, 2.75) is 37.8 Å². The number of aromatic amines is 1. The number of thioether (sulfide) groups is 1. The summed E-state index contributed by atoms with van der Waals surface area (Å²) in [5, 5.41) is 2.22. The Morgan fingerprint density at radius 3 is 3.00 bits per heavy atom. The second kappa shape index (κ2) is 8.25. The zero-order chi connectivity index (χ0) is 18.8. The summed E-state index contributed by atoms with van der Waals surface area (Å²) in [6.45, 7) is 2.89. The molecule has 7 heteroatoms. The van der Waals surface area contributed by atoms with E-state index in [9.17, 15) is 4.79 Å². The van der Waals surface area contributed by atoms with Crippen LogP contribution in [0.4, 0.5) is 0 Å². The molecule has 1 aliphatic rings. The second-order valence-electron chi connectivity index (χ2n) is 6.91. The molecule has 2 heterocycles. The first-order valence-corrected chi connectivity index (χ1v) is 11.3. The normalized spacial score (nSPS) is 16.4. The van der Waals surface area contributed by atoms with Gasteiger partial charge in [0.15, 0.2) is 5.16 Å². The number of benzene rings is 1. The summed E-state index contributed by atoms with van der Waals surface area (Å²) in [4.78, 5) is 22.5.